The molecular weight excluding hydrogens is 360 g/mol. The van der Waals surface area contributed by atoms with E-state index in [0.717, 1.165) is 11.1 Å². The molecule has 0 aliphatic carbocycles. The average Bonchev–Trinajstić information content (AvgIpc) is 2.56. The molecule has 0 radical (unpaired) electrons. The second kappa shape index (κ2) is 8.47. The summed E-state index contributed by atoms with van der Waals surface area (Å²) in [4.78, 5) is 13.6. The predicted molar refractivity (Wildman–Crippen MR) is 98.9 cm³/mol. The van der Waals surface area contributed by atoms with E-state index in [9.17, 15) is 13.2 Å². The molecule has 1 N–H and O–H groups in total. The minimum absolute atomic E-state index is 0.125. The molecule has 2 rings (SSSR count). The first kappa shape index (κ1) is 19.4. The van der Waals surface area contributed by atoms with Gasteiger partial charge in [-0.25, -0.2) is 13.1 Å². The maximum Gasteiger partial charge on any atom is 0.240 e. The lowest BCUT2D eigenvalue weighted by Crippen LogP contribution is -2.37. The van der Waals surface area contributed by atoms with Crippen molar-refractivity contribution >= 4 is 27.5 Å². The molecule has 2 aromatic rings. The van der Waals surface area contributed by atoms with Gasteiger partial charge in [-0.2, -0.15) is 0 Å². The van der Waals surface area contributed by atoms with Crippen molar-refractivity contribution < 1.29 is 13.2 Å². The van der Waals surface area contributed by atoms with Crippen LogP contribution in [0.1, 0.15) is 18.1 Å². The van der Waals surface area contributed by atoms with E-state index in [1.54, 1.807) is 35.2 Å². The second-order valence-electron chi connectivity index (χ2n) is 5.74. The van der Waals surface area contributed by atoms with E-state index >= 15 is 0 Å². The zero-order valence-corrected chi connectivity index (χ0v) is 15.8. The molecule has 134 valence electrons. The zero-order valence-electron chi connectivity index (χ0n) is 14.2. The van der Waals surface area contributed by atoms with Crippen molar-refractivity contribution in [2.45, 2.75) is 25.3 Å². The van der Waals surface area contributed by atoms with E-state index in [1.165, 1.54) is 6.92 Å². The maximum absolute atomic E-state index is 12.3. The highest BCUT2D eigenvalue weighted by Crippen LogP contribution is 2.17. The third-order valence-corrected chi connectivity index (χ3v) is 5.62. The largest absolute Gasteiger partial charge is 0.337 e. The van der Waals surface area contributed by atoms with E-state index in [0.29, 0.717) is 11.6 Å². The Balaban J connectivity index is 1.98. The Kier molecular flexibility index (Phi) is 6.58. The highest BCUT2D eigenvalue weighted by atomic mass is 35.5. The maximum atomic E-state index is 12.3. The van der Waals surface area contributed by atoms with Crippen molar-refractivity contribution in [3.63, 3.8) is 0 Å². The molecular formula is C18H21ClN2O3S. The molecule has 0 aromatic heterocycles. The van der Waals surface area contributed by atoms with Gasteiger partial charge in [0.25, 0.3) is 0 Å². The first-order chi connectivity index (χ1) is 11.8. The molecule has 0 saturated carbocycles. The van der Waals surface area contributed by atoms with Crippen LogP contribution in [-0.2, 0) is 21.4 Å². The standard InChI is InChI=1S/C18H21ClN2O3S/c1-14-7-9-17(10-8-14)25(23,24)20-11-12-21(15(2)22)13-16-5-3-4-6-18(16)19/h3-10,20H,11-13H2,1-2H3. The average molecular weight is 381 g/mol. The van der Waals surface area contributed by atoms with Gasteiger partial charge in [0.15, 0.2) is 0 Å². The number of carbonyl (C=O) groups is 1. The third kappa shape index (κ3) is 5.56. The number of benzene rings is 2. The van der Waals surface area contributed by atoms with Gasteiger partial charge in [-0.1, -0.05) is 47.5 Å². The molecule has 0 spiro atoms. The summed E-state index contributed by atoms with van der Waals surface area (Å²) in [6.45, 7) is 4.06. The van der Waals surface area contributed by atoms with Gasteiger partial charge in [-0.05, 0) is 30.7 Å². The first-order valence-electron chi connectivity index (χ1n) is 7.85. The van der Waals surface area contributed by atoms with Gasteiger partial charge in [0, 0.05) is 31.6 Å². The summed E-state index contributed by atoms with van der Waals surface area (Å²) < 4.78 is 27.1. The van der Waals surface area contributed by atoms with E-state index in [1.807, 2.05) is 25.1 Å². The lowest BCUT2D eigenvalue weighted by atomic mass is 10.2. The molecule has 1 amide bonds. The summed E-state index contributed by atoms with van der Waals surface area (Å²) in [5, 5.41) is 0.578. The smallest absolute Gasteiger partial charge is 0.240 e. The Morgan fingerprint density at radius 2 is 1.76 bits per heavy atom. The number of hydrogen-bond donors (Lipinski definition) is 1. The molecule has 0 heterocycles. The second-order valence-corrected chi connectivity index (χ2v) is 7.92. The van der Waals surface area contributed by atoms with Crippen LogP contribution in [0.2, 0.25) is 5.02 Å². The number of aryl methyl sites for hydroxylation is 1. The van der Waals surface area contributed by atoms with Crippen molar-refractivity contribution in [2.24, 2.45) is 0 Å². The highest BCUT2D eigenvalue weighted by molar-refractivity contribution is 7.89. The molecule has 25 heavy (non-hydrogen) atoms. The molecule has 0 fully saturated rings. The van der Waals surface area contributed by atoms with Crippen LogP contribution in [0.4, 0.5) is 0 Å². The fourth-order valence-corrected chi connectivity index (χ4v) is 3.51. The van der Waals surface area contributed by atoms with E-state index in [2.05, 4.69) is 4.72 Å². The van der Waals surface area contributed by atoms with Crippen LogP contribution in [0.25, 0.3) is 0 Å². The SMILES string of the molecule is CC(=O)N(CCNS(=O)(=O)c1ccc(C)cc1)Cc1ccccc1Cl. The highest BCUT2D eigenvalue weighted by Gasteiger charge is 2.16. The Hall–Kier alpha value is -1.89. The van der Waals surface area contributed by atoms with Crippen LogP contribution in [-0.4, -0.2) is 32.3 Å². The molecule has 0 saturated heterocycles. The quantitative estimate of drug-likeness (QED) is 0.803. The van der Waals surface area contributed by atoms with Gasteiger partial charge in [-0.3, -0.25) is 4.79 Å². The van der Waals surface area contributed by atoms with Crippen molar-refractivity contribution in [1.82, 2.24) is 9.62 Å². The Bertz CT molecular complexity index is 836. The van der Waals surface area contributed by atoms with E-state index in [4.69, 9.17) is 11.6 Å². The Labute approximate surface area is 153 Å². The van der Waals surface area contributed by atoms with Gasteiger partial charge < -0.3 is 4.90 Å². The van der Waals surface area contributed by atoms with E-state index < -0.39 is 10.0 Å². The zero-order chi connectivity index (χ0) is 18.4. The lowest BCUT2D eigenvalue weighted by Gasteiger charge is -2.22. The van der Waals surface area contributed by atoms with Gasteiger partial charge >= 0.3 is 0 Å². The van der Waals surface area contributed by atoms with Gasteiger partial charge in [-0.15, -0.1) is 0 Å². The summed E-state index contributed by atoms with van der Waals surface area (Å²) in [5.41, 5.74) is 1.81. The molecule has 0 unspecified atom stereocenters. The molecule has 0 aliphatic rings. The van der Waals surface area contributed by atoms with Crippen molar-refractivity contribution in [2.75, 3.05) is 13.1 Å². The third-order valence-electron chi connectivity index (χ3n) is 3.77. The number of hydrogen-bond acceptors (Lipinski definition) is 3. The van der Waals surface area contributed by atoms with Gasteiger partial charge in [0.1, 0.15) is 0 Å². The molecule has 5 nitrogen and oxygen atoms in total. The Morgan fingerprint density at radius 1 is 1.12 bits per heavy atom. The summed E-state index contributed by atoms with van der Waals surface area (Å²) in [6, 6.07) is 13.9. The van der Waals surface area contributed by atoms with Crippen LogP contribution >= 0.6 is 11.6 Å². The first-order valence-corrected chi connectivity index (χ1v) is 9.71. The van der Waals surface area contributed by atoms with Crippen LogP contribution in [0.15, 0.2) is 53.4 Å². The lowest BCUT2D eigenvalue weighted by molar-refractivity contribution is -0.129. The van der Waals surface area contributed by atoms with Crippen LogP contribution in [0.3, 0.4) is 0 Å². The summed E-state index contributed by atoms with van der Waals surface area (Å²) in [7, 11) is -3.59. The van der Waals surface area contributed by atoms with Crippen LogP contribution < -0.4 is 4.72 Å². The number of nitrogens with zero attached hydrogens (tertiary/aromatic N) is 1. The number of carbonyl (C=O) groups excluding carboxylic acids is 1. The summed E-state index contributed by atoms with van der Waals surface area (Å²) in [5.74, 6) is -0.144. The van der Waals surface area contributed by atoms with Crippen molar-refractivity contribution in [3.8, 4) is 0 Å². The Morgan fingerprint density at radius 3 is 2.36 bits per heavy atom. The fourth-order valence-electron chi connectivity index (χ4n) is 2.30. The summed E-state index contributed by atoms with van der Waals surface area (Å²) >= 11 is 6.12. The fraction of sp³-hybridized carbons (Fsp3) is 0.278. The number of amides is 1. The monoisotopic (exact) mass is 380 g/mol. The van der Waals surface area contributed by atoms with Crippen LogP contribution in [0, 0.1) is 6.92 Å². The predicted octanol–water partition coefficient (Wildman–Crippen LogP) is 2.98. The summed E-state index contributed by atoms with van der Waals surface area (Å²) in [6.07, 6.45) is 0. The number of rotatable bonds is 7. The molecule has 0 bridgehead atoms. The molecule has 0 atom stereocenters. The van der Waals surface area contributed by atoms with E-state index in [-0.39, 0.29) is 23.9 Å². The van der Waals surface area contributed by atoms with Crippen molar-refractivity contribution in [1.29, 1.82) is 0 Å². The van der Waals surface area contributed by atoms with Gasteiger partial charge in [0.05, 0.1) is 4.90 Å². The molecule has 7 heteroatoms. The minimum atomic E-state index is -3.59. The number of sulfonamides is 1. The molecule has 0 aliphatic heterocycles. The number of halogens is 1. The normalized spacial score (nSPS) is 11.3. The van der Waals surface area contributed by atoms with Gasteiger partial charge in [0.2, 0.25) is 15.9 Å². The number of nitrogens with one attached hydrogen (secondary N) is 1. The molecule has 2 aromatic carbocycles. The topological polar surface area (TPSA) is 66.5 Å². The van der Waals surface area contributed by atoms with Crippen molar-refractivity contribution in [3.05, 3.63) is 64.7 Å². The minimum Gasteiger partial charge on any atom is -0.337 e. The van der Waals surface area contributed by atoms with Crippen LogP contribution in [0.5, 0.6) is 0 Å².